The second-order valence-corrected chi connectivity index (χ2v) is 14.0. The number of amides is 1. The van der Waals surface area contributed by atoms with Crippen LogP contribution in [0.5, 0.6) is 0 Å². The molecule has 1 amide bonds. The van der Waals surface area contributed by atoms with Crippen molar-refractivity contribution in [2.45, 2.75) is 66.3 Å². The highest BCUT2D eigenvalue weighted by molar-refractivity contribution is 7.92. The van der Waals surface area contributed by atoms with Crippen LogP contribution in [0.1, 0.15) is 72.3 Å². The van der Waals surface area contributed by atoms with Crippen molar-refractivity contribution < 1.29 is 32.2 Å². The number of anilines is 1. The van der Waals surface area contributed by atoms with E-state index < -0.39 is 56.2 Å². The molecule has 0 spiro atoms. The number of pyridine rings is 1. The van der Waals surface area contributed by atoms with Crippen LogP contribution in [0.25, 0.3) is 0 Å². The van der Waals surface area contributed by atoms with Gasteiger partial charge in [0.05, 0.1) is 20.9 Å². The van der Waals surface area contributed by atoms with Gasteiger partial charge in [0.25, 0.3) is 5.91 Å². The molecular weight excluding hydrogens is 574 g/mol. The number of sulfone groups is 1. The monoisotopic (exact) mass is 602 g/mol. The average Bonchev–Trinajstić information content (AvgIpc) is 3.78. The predicted molar refractivity (Wildman–Crippen MR) is 148 cm³/mol. The molecule has 3 N–H and O–H groups in total. The molecule has 6 rings (SSSR count). The van der Waals surface area contributed by atoms with Gasteiger partial charge in [-0.1, -0.05) is 17.7 Å². The van der Waals surface area contributed by atoms with Gasteiger partial charge in [-0.15, -0.1) is 0 Å². The third-order valence-corrected chi connectivity index (χ3v) is 11.5. The summed E-state index contributed by atoms with van der Waals surface area (Å²) < 4.78 is 54.5. The van der Waals surface area contributed by atoms with Gasteiger partial charge in [-0.2, -0.15) is 0 Å². The molecule has 2 aromatic carbocycles. The van der Waals surface area contributed by atoms with Crippen LogP contribution in [0.15, 0.2) is 59.5 Å². The number of benzene rings is 2. The van der Waals surface area contributed by atoms with Crippen LogP contribution in [0, 0.1) is 23.5 Å². The van der Waals surface area contributed by atoms with Crippen molar-refractivity contribution in [2.75, 3.05) is 5.32 Å². The molecule has 0 radical (unpaired) electrons. The minimum atomic E-state index is -4.04. The lowest BCUT2D eigenvalue weighted by Crippen LogP contribution is -2.52. The van der Waals surface area contributed by atoms with Crippen LogP contribution in [-0.4, -0.2) is 40.4 Å². The third-order valence-electron chi connectivity index (χ3n) is 8.89. The Kier molecular flexibility index (Phi) is 7.17. The van der Waals surface area contributed by atoms with Crippen molar-refractivity contribution in [3.8, 4) is 0 Å². The Hall–Kier alpha value is -2.92. The summed E-state index contributed by atoms with van der Waals surface area (Å²) in [5.41, 5.74) is -0.219. The third kappa shape index (κ3) is 5.05. The number of halogens is 3. The fraction of sp³-hybridized carbons (Fsp3) is 0.400. The van der Waals surface area contributed by atoms with Crippen molar-refractivity contribution in [3.05, 3.63) is 88.2 Å². The number of aliphatic hydroxyl groups is 2. The van der Waals surface area contributed by atoms with E-state index in [9.17, 15) is 32.2 Å². The summed E-state index contributed by atoms with van der Waals surface area (Å²) in [6, 6.07) is 12.2. The summed E-state index contributed by atoms with van der Waals surface area (Å²) in [5.74, 6) is -3.47. The maximum Gasteiger partial charge on any atom is 0.255 e. The van der Waals surface area contributed by atoms with Crippen LogP contribution in [0.4, 0.5) is 14.5 Å². The van der Waals surface area contributed by atoms with Crippen LogP contribution >= 0.6 is 11.6 Å². The standard InChI is InChI=1S/C30H29ClF2N2O5S/c31-22-10-6-17(29(37)34-20-9-11-23(32)24(33)15-20)12-27(22)41(39,40)21-13-18-7-8-19(14-21)30(18,38)28(36)26-3-1-2-25(35-26)16-4-5-16/h1-3,6,9-12,15-16,18-19,21,28,36,38H,4-5,7-8,13-14H2,(H,34,37)/t18-,19?,21?,28?,30-/m0/s1. The zero-order valence-corrected chi connectivity index (χ0v) is 23.5. The summed E-state index contributed by atoms with van der Waals surface area (Å²) in [6.07, 6.45) is 2.24. The first kappa shape index (κ1) is 28.2. The number of rotatable bonds is 7. The van der Waals surface area contributed by atoms with Gasteiger partial charge in [0.2, 0.25) is 0 Å². The maximum atomic E-state index is 13.9. The number of aromatic nitrogens is 1. The predicted octanol–water partition coefficient (Wildman–Crippen LogP) is 5.57. The lowest BCUT2D eigenvalue weighted by atomic mass is 9.70. The lowest BCUT2D eigenvalue weighted by Gasteiger charge is -2.45. The van der Waals surface area contributed by atoms with E-state index in [0.717, 1.165) is 30.7 Å². The van der Waals surface area contributed by atoms with Gasteiger partial charge in [-0.3, -0.25) is 9.78 Å². The second-order valence-electron chi connectivity index (χ2n) is 11.4. The first-order valence-corrected chi connectivity index (χ1v) is 15.6. The Morgan fingerprint density at radius 1 is 1.00 bits per heavy atom. The van der Waals surface area contributed by atoms with Crippen molar-refractivity contribution in [2.24, 2.45) is 11.8 Å². The Morgan fingerprint density at radius 2 is 1.71 bits per heavy atom. The molecule has 41 heavy (non-hydrogen) atoms. The summed E-state index contributed by atoms with van der Waals surface area (Å²) in [5, 5.41) is 24.7. The molecule has 7 nitrogen and oxygen atoms in total. The van der Waals surface area contributed by atoms with E-state index in [2.05, 4.69) is 10.3 Å². The first-order chi connectivity index (χ1) is 19.5. The quantitative estimate of drug-likeness (QED) is 0.326. The van der Waals surface area contributed by atoms with Gasteiger partial charge in [-0.25, -0.2) is 17.2 Å². The number of aliphatic hydroxyl groups excluding tert-OH is 1. The van der Waals surface area contributed by atoms with Gasteiger partial charge in [-0.05, 0) is 92.8 Å². The van der Waals surface area contributed by atoms with E-state index in [0.29, 0.717) is 24.5 Å². The molecule has 216 valence electrons. The summed E-state index contributed by atoms with van der Waals surface area (Å²) in [6.45, 7) is 0. The molecule has 3 aromatic rings. The molecule has 2 bridgehead atoms. The van der Waals surface area contributed by atoms with Crippen LogP contribution < -0.4 is 5.32 Å². The Labute approximate surface area is 241 Å². The zero-order valence-electron chi connectivity index (χ0n) is 21.9. The maximum absolute atomic E-state index is 13.9. The number of nitrogens with zero attached hydrogens (tertiary/aromatic N) is 1. The fourth-order valence-electron chi connectivity index (χ4n) is 6.53. The molecule has 0 saturated heterocycles. The molecule has 5 atom stereocenters. The lowest BCUT2D eigenvalue weighted by molar-refractivity contribution is -0.145. The Bertz CT molecular complexity index is 1620. The number of carbonyl (C=O) groups excluding carboxylic acids is 1. The minimum Gasteiger partial charge on any atom is -0.386 e. The number of fused-ring (bicyclic) bond motifs is 2. The topological polar surface area (TPSA) is 117 Å². The van der Waals surface area contributed by atoms with Crippen LogP contribution in [0.3, 0.4) is 0 Å². The van der Waals surface area contributed by atoms with Crippen molar-refractivity contribution >= 4 is 33.0 Å². The molecule has 3 aliphatic rings. The van der Waals surface area contributed by atoms with E-state index in [4.69, 9.17) is 11.6 Å². The number of nitrogens with one attached hydrogen (secondary N) is 1. The van der Waals surface area contributed by atoms with E-state index in [1.165, 1.54) is 24.3 Å². The zero-order chi connectivity index (χ0) is 29.1. The van der Waals surface area contributed by atoms with E-state index in [1.54, 1.807) is 6.07 Å². The van der Waals surface area contributed by atoms with Gasteiger partial charge in [0, 0.05) is 28.9 Å². The number of carbonyl (C=O) groups is 1. The van der Waals surface area contributed by atoms with Gasteiger partial charge >= 0.3 is 0 Å². The molecule has 3 fully saturated rings. The summed E-state index contributed by atoms with van der Waals surface area (Å²) in [4.78, 5) is 17.2. The van der Waals surface area contributed by atoms with E-state index in [1.807, 2.05) is 12.1 Å². The average molecular weight is 603 g/mol. The second kappa shape index (κ2) is 10.4. The van der Waals surface area contributed by atoms with Gasteiger partial charge in [0.1, 0.15) is 11.7 Å². The molecule has 0 aliphatic heterocycles. The smallest absolute Gasteiger partial charge is 0.255 e. The normalized spacial score (nSPS) is 26.5. The SMILES string of the molecule is O=C(Nc1ccc(F)c(F)c1)c1ccc(Cl)c(S(=O)(=O)C2CC3CC[C@@H](C2)[C@@]3(O)C(O)c2cccc(C3CC3)n2)c1. The summed E-state index contributed by atoms with van der Waals surface area (Å²) in [7, 11) is -4.04. The van der Waals surface area contributed by atoms with Crippen molar-refractivity contribution in [3.63, 3.8) is 0 Å². The van der Waals surface area contributed by atoms with Crippen LogP contribution in [0.2, 0.25) is 5.02 Å². The minimum absolute atomic E-state index is 0.00659. The van der Waals surface area contributed by atoms with E-state index >= 15 is 0 Å². The molecule has 1 heterocycles. The highest BCUT2D eigenvalue weighted by atomic mass is 35.5. The number of hydrogen-bond acceptors (Lipinski definition) is 6. The van der Waals surface area contributed by atoms with Gasteiger partial charge < -0.3 is 15.5 Å². The molecule has 11 heteroatoms. The summed E-state index contributed by atoms with van der Waals surface area (Å²) >= 11 is 6.32. The van der Waals surface area contributed by atoms with Crippen molar-refractivity contribution in [1.82, 2.24) is 4.98 Å². The number of hydrogen-bond donors (Lipinski definition) is 3. The molecule has 3 saturated carbocycles. The Balaban J connectivity index is 1.23. The van der Waals surface area contributed by atoms with Crippen LogP contribution in [-0.2, 0) is 9.84 Å². The highest BCUT2D eigenvalue weighted by Gasteiger charge is 2.59. The molecule has 1 aromatic heterocycles. The molecule has 3 aliphatic carbocycles. The first-order valence-electron chi connectivity index (χ1n) is 13.7. The Morgan fingerprint density at radius 3 is 2.37 bits per heavy atom. The highest BCUT2D eigenvalue weighted by Crippen LogP contribution is 2.56. The van der Waals surface area contributed by atoms with Gasteiger partial charge in [0.15, 0.2) is 21.5 Å². The van der Waals surface area contributed by atoms with Crippen molar-refractivity contribution in [1.29, 1.82) is 0 Å². The molecular formula is C30H29ClF2N2O5S. The largest absolute Gasteiger partial charge is 0.386 e. The molecule has 3 unspecified atom stereocenters. The van der Waals surface area contributed by atoms with E-state index in [-0.39, 0.29) is 34.0 Å². The fourth-order valence-corrected chi connectivity index (χ4v) is 8.93.